The number of carbonyl (C=O) groups is 2. The van der Waals surface area contributed by atoms with Gasteiger partial charge in [-0.3, -0.25) is 4.79 Å². The number of aromatic amines is 1. The highest BCUT2D eigenvalue weighted by atomic mass is 16.5. The van der Waals surface area contributed by atoms with Crippen LogP contribution in [0.25, 0.3) is 0 Å². The van der Waals surface area contributed by atoms with Crippen molar-refractivity contribution < 1.29 is 14.3 Å². The van der Waals surface area contributed by atoms with Gasteiger partial charge >= 0.3 is 5.97 Å². The molecule has 0 aliphatic carbocycles. The number of piperidine rings is 1. The number of H-pyrrole nitrogens is 1. The van der Waals surface area contributed by atoms with Crippen LogP contribution in [0.15, 0.2) is 0 Å². The highest BCUT2D eigenvalue weighted by molar-refractivity contribution is 6.00. The number of rotatable bonds is 6. The molecule has 0 spiro atoms. The highest BCUT2D eigenvalue weighted by Gasteiger charge is 2.25. The van der Waals surface area contributed by atoms with E-state index in [9.17, 15) is 9.59 Å². The van der Waals surface area contributed by atoms with E-state index >= 15 is 0 Å². The summed E-state index contributed by atoms with van der Waals surface area (Å²) in [6.45, 7) is 11.0. The maximum atomic E-state index is 12.6. The van der Waals surface area contributed by atoms with Crippen LogP contribution in [0.4, 0.5) is 0 Å². The Bertz CT molecular complexity index is 622. The Balaban J connectivity index is 2.04. The number of amides is 1. The summed E-state index contributed by atoms with van der Waals surface area (Å²) >= 11 is 0. The highest BCUT2D eigenvalue weighted by Crippen LogP contribution is 2.21. The van der Waals surface area contributed by atoms with Gasteiger partial charge in [0.25, 0.3) is 5.91 Å². The molecule has 0 aromatic carbocycles. The van der Waals surface area contributed by atoms with Crippen LogP contribution in [-0.4, -0.2) is 54.5 Å². The maximum Gasteiger partial charge on any atom is 0.339 e. The van der Waals surface area contributed by atoms with Crippen LogP contribution >= 0.6 is 0 Å². The van der Waals surface area contributed by atoms with E-state index in [4.69, 9.17) is 4.74 Å². The average molecular weight is 349 g/mol. The van der Waals surface area contributed by atoms with E-state index in [1.165, 1.54) is 13.5 Å². The summed E-state index contributed by atoms with van der Waals surface area (Å²) in [5, 5.41) is 3.04. The molecular weight excluding hydrogens is 318 g/mol. The van der Waals surface area contributed by atoms with Gasteiger partial charge in [-0.15, -0.1) is 0 Å². The Labute approximate surface area is 150 Å². The second-order valence-electron chi connectivity index (χ2n) is 7.13. The van der Waals surface area contributed by atoms with Crippen LogP contribution < -0.4 is 5.32 Å². The van der Waals surface area contributed by atoms with E-state index < -0.39 is 5.97 Å². The van der Waals surface area contributed by atoms with Crippen LogP contribution in [0.1, 0.15) is 65.7 Å². The normalized spacial score (nSPS) is 18.4. The van der Waals surface area contributed by atoms with E-state index in [0.29, 0.717) is 41.7 Å². The number of ether oxygens (including phenoxy) is 1. The first-order valence-corrected chi connectivity index (χ1v) is 9.20. The smallest absolute Gasteiger partial charge is 0.339 e. The van der Waals surface area contributed by atoms with Crippen molar-refractivity contribution in [2.24, 2.45) is 5.92 Å². The molecule has 1 aromatic heterocycles. The number of aromatic nitrogens is 1. The Morgan fingerprint density at radius 1 is 1.40 bits per heavy atom. The third-order valence-corrected chi connectivity index (χ3v) is 5.13. The van der Waals surface area contributed by atoms with Crippen molar-refractivity contribution in [3.63, 3.8) is 0 Å². The zero-order valence-corrected chi connectivity index (χ0v) is 16.1. The standard InChI is InChI=1S/C19H31N3O3/c1-6-15-16(19(24)25-5)13(4)17(21-15)18(23)20-10-14-8-7-9-22(11-14)12(2)3/h12,14,21H,6-11H2,1-5H3,(H,20,23)/t14-/m0/s1. The van der Waals surface area contributed by atoms with Gasteiger partial charge in [-0.05, 0) is 58.1 Å². The van der Waals surface area contributed by atoms with E-state index in [0.717, 1.165) is 25.2 Å². The molecule has 1 aliphatic rings. The first-order valence-electron chi connectivity index (χ1n) is 9.20. The van der Waals surface area contributed by atoms with Gasteiger partial charge in [0.05, 0.1) is 12.7 Å². The summed E-state index contributed by atoms with van der Waals surface area (Å²) < 4.78 is 4.85. The summed E-state index contributed by atoms with van der Waals surface area (Å²) in [5.41, 5.74) is 2.36. The minimum Gasteiger partial charge on any atom is -0.465 e. The van der Waals surface area contributed by atoms with Crippen LogP contribution in [-0.2, 0) is 11.2 Å². The van der Waals surface area contributed by atoms with Crippen LogP contribution in [0.2, 0.25) is 0 Å². The third-order valence-electron chi connectivity index (χ3n) is 5.13. The van der Waals surface area contributed by atoms with E-state index in [1.54, 1.807) is 6.92 Å². The maximum absolute atomic E-state index is 12.6. The number of esters is 1. The van der Waals surface area contributed by atoms with Gasteiger partial charge in [0.15, 0.2) is 0 Å². The molecule has 25 heavy (non-hydrogen) atoms. The van der Waals surface area contributed by atoms with Crippen LogP contribution in [0.3, 0.4) is 0 Å². The number of hydrogen-bond donors (Lipinski definition) is 2. The van der Waals surface area contributed by atoms with Gasteiger partial charge in [-0.1, -0.05) is 6.92 Å². The number of likely N-dealkylation sites (tertiary alicyclic amines) is 1. The molecule has 2 N–H and O–H groups in total. The summed E-state index contributed by atoms with van der Waals surface area (Å²) in [6.07, 6.45) is 2.96. The minimum atomic E-state index is -0.399. The molecule has 0 unspecified atom stereocenters. The van der Waals surface area contributed by atoms with Crippen molar-refractivity contribution in [2.45, 2.75) is 53.0 Å². The van der Waals surface area contributed by atoms with Crippen molar-refractivity contribution >= 4 is 11.9 Å². The zero-order chi connectivity index (χ0) is 18.6. The first kappa shape index (κ1) is 19.5. The summed E-state index contributed by atoms with van der Waals surface area (Å²) in [6, 6.07) is 0.541. The second-order valence-corrected chi connectivity index (χ2v) is 7.13. The van der Waals surface area contributed by atoms with E-state index in [1.807, 2.05) is 6.92 Å². The monoisotopic (exact) mass is 349 g/mol. The molecule has 1 fully saturated rings. The molecule has 0 bridgehead atoms. The molecule has 140 valence electrons. The molecule has 6 heteroatoms. The molecule has 2 rings (SSSR count). The van der Waals surface area contributed by atoms with Gasteiger partial charge < -0.3 is 19.9 Å². The van der Waals surface area contributed by atoms with Gasteiger partial charge in [0, 0.05) is 24.8 Å². The SMILES string of the molecule is CCc1[nH]c(C(=O)NC[C@@H]2CCCN(C(C)C)C2)c(C)c1C(=O)OC. The lowest BCUT2D eigenvalue weighted by molar-refractivity contribution is 0.0599. The number of nitrogens with one attached hydrogen (secondary N) is 2. The summed E-state index contributed by atoms with van der Waals surface area (Å²) in [4.78, 5) is 30.2. The number of aryl methyl sites for hydroxylation is 1. The lowest BCUT2D eigenvalue weighted by Gasteiger charge is -2.35. The molecule has 1 aromatic rings. The predicted octanol–water partition coefficient (Wildman–Crippen LogP) is 2.52. The fourth-order valence-electron chi connectivity index (χ4n) is 3.59. The van der Waals surface area contributed by atoms with Crippen molar-refractivity contribution in [1.29, 1.82) is 0 Å². The number of methoxy groups -OCH3 is 1. The Hall–Kier alpha value is -1.82. The summed E-state index contributed by atoms with van der Waals surface area (Å²) in [7, 11) is 1.36. The predicted molar refractivity (Wildman–Crippen MR) is 98.0 cm³/mol. The lowest BCUT2D eigenvalue weighted by Crippen LogP contribution is -2.43. The third kappa shape index (κ3) is 4.42. The molecule has 2 heterocycles. The number of hydrogen-bond acceptors (Lipinski definition) is 4. The molecule has 0 saturated carbocycles. The lowest BCUT2D eigenvalue weighted by atomic mass is 9.97. The Morgan fingerprint density at radius 3 is 2.72 bits per heavy atom. The number of carbonyl (C=O) groups excluding carboxylic acids is 2. The van der Waals surface area contributed by atoms with Crippen molar-refractivity contribution in [2.75, 3.05) is 26.7 Å². The van der Waals surface area contributed by atoms with Crippen LogP contribution in [0, 0.1) is 12.8 Å². The van der Waals surface area contributed by atoms with Gasteiger partial charge in [-0.2, -0.15) is 0 Å². The van der Waals surface area contributed by atoms with Crippen molar-refractivity contribution in [1.82, 2.24) is 15.2 Å². The fraction of sp³-hybridized carbons (Fsp3) is 0.684. The Kier molecular flexibility index (Phi) is 6.64. The quantitative estimate of drug-likeness (QED) is 0.774. The van der Waals surface area contributed by atoms with Gasteiger partial charge in [-0.25, -0.2) is 4.79 Å². The van der Waals surface area contributed by atoms with E-state index in [2.05, 4.69) is 29.0 Å². The van der Waals surface area contributed by atoms with Gasteiger partial charge in [0.1, 0.15) is 5.69 Å². The van der Waals surface area contributed by atoms with Gasteiger partial charge in [0.2, 0.25) is 0 Å². The van der Waals surface area contributed by atoms with Crippen molar-refractivity contribution in [3.05, 3.63) is 22.5 Å². The summed E-state index contributed by atoms with van der Waals surface area (Å²) in [5.74, 6) is -0.0744. The Morgan fingerprint density at radius 2 is 2.12 bits per heavy atom. The molecular formula is C19H31N3O3. The zero-order valence-electron chi connectivity index (χ0n) is 16.1. The minimum absolute atomic E-state index is 0.149. The average Bonchev–Trinajstić information content (AvgIpc) is 2.95. The topological polar surface area (TPSA) is 74.4 Å². The molecule has 1 atom stereocenters. The number of nitrogens with zero attached hydrogens (tertiary/aromatic N) is 1. The molecule has 1 saturated heterocycles. The van der Waals surface area contributed by atoms with Crippen LogP contribution in [0.5, 0.6) is 0 Å². The van der Waals surface area contributed by atoms with Crippen molar-refractivity contribution in [3.8, 4) is 0 Å². The molecule has 6 nitrogen and oxygen atoms in total. The largest absolute Gasteiger partial charge is 0.465 e. The molecule has 0 radical (unpaired) electrons. The second kappa shape index (κ2) is 8.52. The van der Waals surface area contributed by atoms with E-state index in [-0.39, 0.29) is 5.91 Å². The molecule has 1 aliphatic heterocycles. The molecule has 1 amide bonds. The first-order chi connectivity index (χ1) is 11.9. The fourth-order valence-corrected chi connectivity index (χ4v) is 3.59.